The summed E-state index contributed by atoms with van der Waals surface area (Å²) in [7, 11) is 0. The molecule has 2 rings (SSSR count). The molecule has 1 aromatic heterocycles. The van der Waals surface area contributed by atoms with Gasteiger partial charge in [0.1, 0.15) is 11.4 Å². The summed E-state index contributed by atoms with van der Waals surface area (Å²) in [5.74, 6) is -0.593. The summed E-state index contributed by atoms with van der Waals surface area (Å²) in [6, 6.07) is 0. The van der Waals surface area contributed by atoms with Gasteiger partial charge in [0.2, 0.25) is 5.82 Å². The summed E-state index contributed by atoms with van der Waals surface area (Å²) < 4.78 is 0. The number of H-pyrrole nitrogens is 1. The molecule has 110 valence electrons. The molecule has 1 saturated heterocycles. The average molecular weight is 280 g/mol. The molecule has 2 N–H and O–H groups in total. The Hall–Kier alpha value is -1.92. The van der Waals surface area contributed by atoms with E-state index in [4.69, 9.17) is 0 Å². The van der Waals surface area contributed by atoms with E-state index in [0.29, 0.717) is 18.8 Å². The summed E-state index contributed by atoms with van der Waals surface area (Å²) in [4.78, 5) is 29.5. The van der Waals surface area contributed by atoms with Crippen LogP contribution in [-0.2, 0) is 4.79 Å². The molecule has 0 aliphatic carbocycles. The molecular weight excluding hydrogens is 260 g/mol. The molecule has 0 bridgehead atoms. The zero-order chi connectivity index (χ0) is 14.9. The summed E-state index contributed by atoms with van der Waals surface area (Å²) >= 11 is 0. The molecule has 2 heterocycles. The number of amides is 1. The van der Waals surface area contributed by atoms with E-state index >= 15 is 0 Å². The van der Waals surface area contributed by atoms with Crippen LogP contribution in [0.4, 0.5) is 0 Å². The van der Waals surface area contributed by atoms with Crippen molar-refractivity contribution < 1.29 is 14.7 Å². The number of carboxylic acid groups (broad SMARTS) is 1. The largest absolute Gasteiger partial charge is 0.480 e. The van der Waals surface area contributed by atoms with E-state index in [1.807, 2.05) is 13.8 Å². The lowest BCUT2D eigenvalue weighted by atomic mass is 9.88. The quantitative estimate of drug-likeness (QED) is 0.871. The second-order valence-corrected chi connectivity index (χ2v) is 5.69. The van der Waals surface area contributed by atoms with Gasteiger partial charge in [-0.3, -0.25) is 9.89 Å². The first kappa shape index (κ1) is 14.5. The van der Waals surface area contributed by atoms with Crippen LogP contribution in [0.1, 0.15) is 62.4 Å². The fourth-order valence-electron chi connectivity index (χ4n) is 2.42. The van der Waals surface area contributed by atoms with Gasteiger partial charge in [0.25, 0.3) is 5.91 Å². The highest BCUT2D eigenvalue weighted by molar-refractivity contribution is 5.95. The Labute approximate surface area is 117 Å². The van der Waals surface area contributed by atoms with Gasteiger partial charge in [-0.1, -0.05) is 13.8 Å². The highest BCUT2D eigenvalue weighted by Gasteiger charge is 2.45. The number of carbonyl (C=O) groups is 2. The molecule has 1 unspecified atom stereocenters. The van der Waals surface area contributed by atoms with Crippen LogP contribution in [-0.4, -0.2) is 49.1 Å². The number of likely N-dealkylation sites (tertiary alicyclic amines) is 1. The zero-order valence-electron chi connectivity index (χ0n) is 12.0. The van der Waals surface area contributed by atoms with Crippen LogP contribution < -0.4 is 0 Å². The molecular formula is C13H20N4O3. The summed E-state index contributed by atoms with van der Waals surface area (Å²) in [5.41, 5.74) is -1.17. The number of aliphatic carboxylic acids is 1. The van der Waals surface area contributed by atoms with E-state index in [0.717, 1.165) is 12.8 Å². The van der Waals surface area contributed by atoms with Crippen LogP contribution in [0.15, 0.2) is 0 Å². The number of hydrogen-bond donors (Lipinski definition) is 2. The number of rotatable bonds is 3. The van der Waals surface area contributed by atoms with Crippen LogP contribution in [0.25, 0.3) is 0 Å². The number of nitrogens with one attached hydrogen (secondary N) is 1. The molecule has 0 saturated carbocycles. The van der Waals surface area contributed by atoms with Crippen molar-refractivity contribution in [1.82, 2.24) is 20.1 Å². The van der Waals surface area contributed by atoms with Crippen molar-refractivity contribution in [1.29, 1.82) is 0 Å². The number of carbonyl (C=O) groups excluding carboxylic acids is 1. The summed E-state index contributed by atoms with van der Waals surface area (Å²) in [5, 5.41) is 16.1. The first-order chi connectivity index (χ1) is 9.36. The second kappa shape index (κ2) is 5.22. The molecule has 20 heavy (non-hydrogen) atoms. The molecule has 0 spiro atoms. The zero-order valence-corrected chi connectivity index (χ0v) is 12.0. The second-order valence-electron chi connectivity index (χ2n) is 5.69. The molecule has 1 atom stereocenters. The SMILES string of the molecule is CC(C)c1nc(C(=O)N2CCCCC2(C)C(=O)O)n[nH]1. The molecule has 1 aromatic rings. The summed E-state index contributed by atoms with van der Waals surface area (Å²) in [6.45, 7) is 5.89. The predicted molar refractivity (Wildman–Crippen MR) is 71.4 cm³/mol. The van der Waals surface area contributed by atoms with E-state index < -0.39 is 17.4 Å². The molecule has 0 aromatic carbocycles. The van der Waals surface area contributed by atoms with Crippen molar-refractivity contribution in [3.05, 3.63) is 11.6 Å². The van der Waals surface area contributed by atoms with Crippen molar-refractivity contribution in [2.45, 2.75) is 51.5 Å². The monoisotopic (exact) mass is 280 g/mol. The lowest BCUT2D eigenvalue weighted by molar-refractivity contribution is -0.150. The van der Waals surface area contributed by atoms with Gasteiger partial charge < -0.3 is 10.0 Å². The third-order valence-corrected chi connectivity index (χ3v) is 3.84. The molecule has 7 nitrogen and oxygen atoms in total. The third kappa shape index (κ3) is 2.39. The van der Waals surface area contributed by atoms with Crippen LogP contribution in [0.3, 0.4) is 0 Å². The minimum Gasteiger partial charge on any atom is -0.480 e. The number of hydrogen-bond acceptors (Lipinski definition) is 4. The van der Waals surface area contributed by atoms with Crippen molar-refractivity contribution in [3.63, 3.8) is 0 Å². The van der Waals surface area contributed by atoms with Gasteiger partial charge >= 0.3 is 5.97 Å². The number of aromatic amines is 1. The van der Waals surface area contributed by atoms with Gasteiger partial charge in [-0.2, -0.15) is 0 Å². The fraction of sp³-hybridized carbons (Fsp3) is 0.692. The van der Waals surface area contributed by atoms with Crippen molar-refractivity contribution in [2.24, 2.45) is 0 Å². The predicted octanol–water partition coefficient (Wildman–Crippen LogP) is 1.40. The molecule has 1 aliphatic rings. The fourth-order valence-corrected chi connectivity index (χ4v) is 2.42. The first-order valence-corrected chi connectivity index (χ1v) is 6.84. The maximum absolute atomic E-state index is 12.5. The van der Waals surface area contributed by atoms with Crippen molar-refractivity contribution in [3.8, 4) is 0 Å². The Balaban J connectivity index is 2.27. The van der Waals surface area contributed by atoms with E-state index in [2.05, 4.69) is 15.2 Å². The highest BCUT2D eigenvalue weighted by Crippen LogP contribution is 2.29. The number of piperidine rings is 1. The van der Waals surface area contributed by atoms with E-state index in [1.165, 1.54) is 4.90 Å². The van der Waals surface area contributed by atoms with Gasteiger partial charge in [-0.15, -0.1) is 5.10 Å². The number of carboxylic acids is 1. The maximum atomic E-state index is 12.5. The van der Waals surface area contributed by atoms with E-state index in [1.54, 1.807) is 6.92 Å². The van der Waals surface area contributed by atoms with Gasteiger partial charge in [-0.25, -0.2) is 9.78 Å². The van der Waals surface area contributed by atoms with Gasteiger partial charge in [0, 0.05) is 12.5 Å². The number of aromatic nitrogens is 3. The molecule has 0 radical (unpaired) electrons. The lowest BCUT2D eigenvalue weighted by Crippen LogP contribution is -2.57. The molecule has 1 amide bonds. The van der Waals surface area contributed by atoms with Crippen molar-refractivity contribution in [2.75, 3.05) is 6.54 Å². The topological polar surface area (TPSA) is 99.2 Å². The normalized spacial score (nSPS) is 23.1. The Morgan fingerprint density at radius 3 is 2.65 bits per heavy atom. The van der Waals surface area contributed by atoms with E-state index in [9.17, 15) is 14.7 Å². The lowest BCUT2D eigenvalue weighted by Gasteiger charge is -2.40. The smallest absolute Gasteiger partial charge is 0.329 e. The van der Waals surface area contributed by atoms with Gasteiger partial charge in [-0.05, 0) is 26.2 Å². The minimum atomic E-state index is -1.17. The molecule has 7 heteroatoms. The van der Waals surface area contributed by atoms with Crippen LogP contribution in [0.2, 0.25) is 0 Å². The standard InChI is InChI=1S/C13H20N4O3/c1-8(2)9-14-10(16-15-9)11(18)17-7-5-4-6-13(17,3)12(19)20/h8H,4-7H2,1-3H3,(H,19,20)(H,14,15,16). The molecule has 1 aliphatic heterocycles. The van der Waals surface area contributed by atoms with E-state index in [-0.39, 0.29) is 11.7 Å². The summed E-state index contributed by atoms with van der Waals surface area (Å²) in [6.07, 6.45) is 2.06. The van der Waals surface area contributed by atoms with Crippen LogP contribution >= 0.6 is 0 Å². The van der Waals surface area contributed by atoms with Crippen LogP contribution in [0, 0.1) is 0 Å². The Morgan fingerprint density at radius 2 is 2.10 bits per heavy atom. The first-order valence-electron chi connectivity index (χ1n) is 6.84. The third-order valence-electron chi connectivity index (χ3n) is 3.84. The van der Waals surface area contributed by atoms with Gasteiger partial charge in [0.05, 0.1) is 0 Å². The van der Waals surface area contributed by atoms with Gasteiger partial charge in [0.15, 0.2) is 0 Å². The molecule has 1 fully saturated rings. The van der Waals surface area contributed by atoms with Crippen LogP contribution in [0.5, 0.6) is 0 Å². The maximum Gasteiger partial charge on any atom is 0.329 e. The highest BCUT2D eigenvalue weighted by atomic mass is 16.4. The Morgan fingerprint density at radius 1 is 1.40 bits per heavy atom. The Kier molecular flexibility index (Phi) is 3.78. The van der Waals surface area contributed by atoms with Crippen molar-refractivity contribution >= 4 is 11.9 Å². The minimum absolute atomic E-state index is 0.0445. The Bertz CT molecular complexity index is 525. The number of nitrogens with zero attached hydrogens (tertiary/aromatic N) is 3. The average Bonchev–Trinajstić information content (AvgIpc) is 2.88.